The van der Waals surface area contributed by atoms with Crippen LogP contribution < -0.4 is 5.43 Å². The van der Waals surface area contributed by atoms with E-state index in [1.807, 2.05) is 0 Å². The van der Waals surface area contributed by atoms with Gasteiger partial charge in [0.15, 0.2) is 3.95 Å². The fourth-order valence-corrected chi connectivity index (χ4v) is 4.89. The maximum absolute atomic E-state index is 12.4. The van der Waals surface area contributed by atoms with Crippen molar-refractivity contribution in [2.24, 2.45) is 10.2 Å². The molecule has 0 saturated carbocycles. The molecular formula is C21H22N6O4S2. The summed E-state index contributed by atoms with van der Waals surface area (Å²) in [5.41, 5.74) is 4.14. The van der Waals surface area contributed by atoms with Crippen LogP contribution in [0.15, 0.2) is 40.0 Å². The molecule has 2 N–H and O–H groups in total. The van der Waals surface area contributed by atoms with Gasteiger partial charge in [0.1, 0.15) is 5.71 Å². The number of nitro benzene ring substituents is 1. The predicted molar refractivity (Wildman–Crippen MR) is 130 cm³/mol. The second-order valence-corrected chi connectivity index (χ2v) is 9.35. The molecule has 172 valence electrons. The van der Waals surface area contributed by atoms with Gasteiger partial charge in [-0.05, 0) is 44.2 Å². The van der Waals surface area contributed by atoms with Crippen molar-refractivity contribution in [1.29, 1.82) is 0 Å². The molecule has 0 unspecified atom stereocenters. The van der Waals surface area contributed by atoms with E-state index in [1.165, 1.54) is 29.4 Å². The molecule has 0 atom stereocenters. The van der Waals surface area contributed by atoms with Gasteiger partial charge in [0.2, 0.25) is 11.8 Å². The number of piperidine rings is 1. The molecule has 4 rings (SSSR count). The normalized spacial score (nSPS) is 17.3. The van der Waals surface area contributed by atoms with Crippen LogP contribution in [-0.2, 0) is 4.79 Å². The van der Waals surface area contributed by atoms with Gasteiger partial charge >= 0.3 is 0 Å². The van der Waals surface area contributed by atoms with Gasteiger partial charge in [-0.15, -0.1) is 5.10 Å². The van der Waals surface area contributed by atoms with E-state index in [1.54, 1.807) is 18.2 Å². The van der Waals surface area contributed by atoms with Crippen molar-refractivity contribution in [2.75, 3.05) is 25.1 Å². The van der Waals surface area contributed by atoms with Crippen molar-refractivity contribution in [3.05, 3.63) is 54.3 Å². The van der Waals surface area contributed by atoms with Gasteiger partial charge in [-0.3, -0.25) is 20.3 Å². The third-order valence-corrected chi connectivity index (χ3v) is 6.71. The quantitative estimate of drug-likeness (QED) is 0.349. The summed E-state index contributed by atoms with van der Waals surface area (Å²) in [6.45, 7) is 2.68. The maximum atomic E-state index is 12.4. The number of aromatic nitrogens is 1. The van der Waals surface area contributed by atoms with Crippen LogP contribution in [0, 0.1) is 14.1 Å². The summed E-state index contributed by atoms with van der Waals surface area (Å²) in [6, 6.07) is 6.08. The first-order valence-corrected chi connectivity index (χ1v) is 11.7. The summed E-state index contributed by atoms with van der Waals surface area (Å²) >= 11 is 6.45. The molecule has 0 radical (unpaired) electrons. The average Bonchev–Trinajstić information content (AvgIpc) is 3.38. The van der Waals surface area contributed by atoms with Crippen molar-refractivity contribution < 1.29 is 14.8 Å². The standard InChI is InChI=1S/C21H22N6O4S2/c28-18(7-10-25-8-2-1-3-9-25)24-26-20(29)17(33-21(26)32)12-15-13-22-23-19(15)14-5-4-6-16(11-14)27(30)31/h4-6,11-13,29H,1-3,7-10H2,(H,24,28)/b15-12+. The van der Waals surface area contributed by atoms with E-state index in [2.05, 4.69) is 20.5 Å². The number of thiazole rings is 1. The van der Waals surface area contributed by atoms with E-state index in [9.17, 15) is 20.0 Å². The molecule has 0 bridgehead atoms. The highest BCUT2D eigenvalue weighted by Gasteiger charge is 2.19. The lowest BCUT2D eigenvalue weighted by Gasteiger charge is -2.25. The summed E-state index contributed by atoms with van der Waals surface area (Å²) in [6.07, 6.45) is 6.99. The summed E-state index contributed by atoms with van der Waals surface area (Å²) in [4.78, 5) is 25.7. The van der Waals surface area contributed by atoms with Crippen LogP contribution in [0.4, 0.5) is 5.69 Å². The lowest BCUT2D eigenvalue weighted by Crippen LogP contribution is -2.33. The van der Waals surface area contributed by atoms with E-state index >= 15 is 0 Å². The molecule has 1 aromatic carbocycles. The molecule has 1 fully saturated rings. The van der Waals surface area contributed by atoms with Crippen molar-refractivity contribution >= 4 is 53.2 Å². The van der Waals surface area contributed by atoms with Gasteiger partial charge in [-0.25, -0.2) is 0 Å². The smallest absolute Gasteiger partial charge is 0.270 e. The number of carbonyl (C=O) groups excluding carboxylic acids is 1. The molecule has 1 amide bonds. The number of hydrogen-bond acceptors (Lipinski definition) is 9. The number of nitrogens with zero attached hydrogens (tertiary/aromatic N) is 5. The Bertz CT molecular complexity index is 1220. The molecule has 1 saturated heterocycles. The lowest BCUT2D eigenvalue weighted by molar-refractivity contribution is -0.384. The first kappa shape index (κ1) is 23.0. The molecule has 0 aliphatic carbocycles. The number of likely N-dealkylation sites (tertiary alicyclic amines) is 1. The Morgan fingerprint density at radius 1 is 1.33 bits per heavy atom. The monoisotopic (exact) mass is 486 g/mol. The van der Waals surface area contributed by atoms with Crippen molar-refractivity contribution in [1.82, 2.24) is 9.58 Å². The highest BCUT2D eigenvalue weighted by Crippen LogP contribution is 2.29. The number of nitrogens with one attached hydrogen (secondary N) is 1. The molecule has 2 aliphatic heterocycles. The zero-order valence-corrected chi connectivity index (χ0v) is 19.3. The SMILES string of the molecule is O=C(CCN1CCCCC1)Nn1c(O)c(/C=C2\C=NN=C2c2cccc([N+](=O)[O-])c2)sc1=S. The molecule has 2 aliphatic rings. The Morgan fingerprint density at radius 2 is 2.12 bits per heavy atom. The fraction of sp³-hybridized carbons (Fsp3) is 0.333. The third kappa shape index (κ3) is 5.41. The van der Waals surface area contributed by atoms with Crippen molar-refractivity contribution in [2.45, 2.75) is 25.7 Å². The summed E-state index contributed by atoms with van der Waals surface area (Å²) in [7, 11) is 0. The zero-order valence-electron chi connectivity index (χ0n) is 17.6. The molecule has 10 nitrogen and oxygen atoms in total. The van der Waals surface area contributed by atoms with Gasteiger partial charge in [0.25, 0.3) is 5.69 Å². The van der Waals surface area contributed by atoms with Crippen LogP contribution in [0.5, 0.6) is 5.88 Å². The van der Waals surface area contributed by atoms with Gasteiger partial charge in [-0.1, -0.05) is 29.9 Å². The Labute approximate surface area is 198 Å². The van der Waals surface area contributed by atoms with Crippen LogP contribution in [0.2, 0.25) is 0 Å². The molecule has 1 aromatic heterocycles. The fourth-order valence-electron chi connectivity index (χ4n) is 3.70. The third-order valence-electron chi connectivity index (χ3n) is 5.40. The van der Waals surface area contributed by atoms with E-state index in [4.69, 9.17) is 12.2 Å². The molecule has 12 heteroatoms. The number of amides is 1. The number of nitro groups is 1. The van der Waals surface area contributed by atoms with Crippen LogP contribution >= 0.6 is 23.6 Å². The van der Waals surface area contributed by atoms with Gasteiger partial charge in [0, 0.05) is 36.2 Å². The van der Waals surface area contributed by atoms with Crippen LogP contribution in [0.25, 0.3) is 6.08 Å². The predicted octanol–water partition coefficient (Wildman–Crippen LogP) is 3.71. The number of non-ortho nitro benzene ring substituents is 1. The van der Waals surface area contributed by atoms with Crippen LogP contribution in [0.1, 0.15) is 36.1 Å². The second-order valence-electron chi connectivity index (χ2n) is 7.68. The highest BCUT2D eigenvalue weighted by molar-refractivity contribution is 7.73. The van der Waals surface area contributed by atoms with E-state index in [-0.39, 0.29) is 21.4 Å². The molecule has 0 spiro atoms. The summed E-state index contributed by atoms with van der Waals surface area (Å²) in [5.74, 6) is -0.423. The minimum Gasteiger partial charge on any atom is -0.492 e. The van der Waals surface area contributed by atoms with Gasteiger partial charge in [0.05, 0.1) is 16.0 Å². The van der Waals surface area contributed by atoms with Crippen LogP contribution in [-0.4, -0.2) is 57.1 Å². The van der Waals surface area contributed by atoms with Gasteiger partial charge in [-0.2, -0.15) is 9.78 Å². The highest BCUT2D eigenvalue weighted by atomic mass is 32.1. The zero-order chi connectivity index (χ0) is 23.4. The number of benzene rings is 1. The number of rotatable bonds is 7. The molecule has 3 heterocycles. The first-order valence-electron chi connectivity index (χ1n) is 10.5. The van der Waals surface area contributed by atoms with E-state index in [0.29, 0.717) is 34.7 Å². The Balaban J connectivity index is 1.49. The minimum atomic E-state index is -0.477. The Hall–Kier alpha value is -3.22. The number of aromatic hydroxyl groups is 1. The largest absolute Gasteiger partial charge is 0.492 e. The topological polar surface area (TPSA) is 125 Å². The number of allylic oxidation sites excluding steroid dienone is 1. The maximum Gasteiger partial charge on any atom is 0.270 e. The Morgan fingerprint density at radius 3 is 2.88 bits per heavy atom. The average molecular weight is 487 g/mol. The van der Waals surface area contributed by atoms with Crippen molar-refractivity contribution in [3.63, 3.8) is 0 Å². The number of hydrogen-bond donors (Lipinski definition) is 2. The first-order chi connectivity index (χ1) is 15.9. The number of carbonyl (C=O) groups is 1. The molecular weight excluding hydrogens is 464 g/mol. The molecule has 2 aromatic rings. The lowest BCUT2D eigenvalue weighted by atomic mass is 10.0. The van der Waals surface area contributed by atoms with Crippen molar-refractivity contribution in [3.8, 4) is 5.88 Å². The van der Waals surface area contributed by atoms with E-state index < -0.39 is 4.92 Å². The summed E-state index contributed by atoms with van der Waals surface area (Å²) in [5, 5.41) is 29.7. The van der Waals surface area contributed by atoms with E-state index in [0.717, 1.165) is 37.3 Å². The molecule has 33 heavy (non-hydrogen) atoms. The van der Waals surface area contributed by atoms with Crippen LogP contribution in [0.3, 0.4) is 0 Å². The van der Waals surface area contributed by atoms with Gasteiger partial charge < -0.3 is 10.0 Å². The Kier molecular flexibility index (Phi) is 7.06. The summed E-state index contributed by atoms with van der Waals surface area (Å²) < 4.78 is 1.48. The minimum absolute atomic E-state index is 0.0571. The second kappa shape index (κ2) is 10.1.